The van der Waals surface area contributed by atoms with E-state index in [1.165, 1.54) is 0 Å². The molecule has 0 heterocycles. The first-order valence-electron chi connectivity index (χ1n) is 5.51. The van der Waals surface area contributed by atoms with Gasteiger partial charge in [-0.05, 0) is 32.8 Å². The number of nitrogens with zero attached hydrogens (tertiary/aromatic N) is 1. The van der Waals surface area contributed by atoms with Gasteiger partial charge in [0, 0.05) is 6.54 Å². The van der Waals surface area contributed by atoms with Gasteiger partial charge in [0.1, 0.15) is 6.26 Å². The Kier molecular flexibility index (Phi) is 8.34. The lowest BCUT2D eigenvalue weighted by Crippen LogP contribution is -2.29. The van der Waals surface area contributed by atoms with Gasteiger partial charge in [-0.3, -0.25) is 0 Å². The summed E-state index contributed by atoms with van der Waals surface area (Å²) in [7, 11) is 0. The summed E-state index contributed by atoms with van der Waals surface area (Å²) >= 11 is 0. The first kappa shape index (κ1) is 13.2. The van der Waals surface area contributed by atoms with Crippen LogP contribution < -0.4 is 0 Å². The highest BCUT2D eigenvalue weighted by Gasteiger charge is 2.07. The van der Waals surface area contributed by atoms with Crippen molar-refractivity contribution < 1.29 is 4.84 Å². The minimum Gasteiger partial charge on any atom is -0.414 e. The molecule has 2 heteroatoms. The van der Waals surface area contributed by atoms with Crippen LogP contribution in [0.3, 0.4) is 0 Å². The minimum atomic E-state index is 0.335. The Morgan fingerprint density at radius 1 is 1.14 bits per heavy atom. The van der Waals surface area contributed by atoms with Gasteiger partial charge in [0.25, 0.3) is 0 Å². The molecule has 0 aliphatic heterocycles. The Morgan fingerprint density at radius 3 is 2.29 bits per heavy atom. The number of likely N-dealkylation sites (N-methyl/N-ethyl adjacent to an activating group) is 1. The fourth-order valence-electron chi connectivity index (χ4n) is 1.10. The summed E-state index contributed by atoms with van der Waals surface area (Å²) in [4.78, 5) is 5.49. The van der Waals surface area contributed by atoms with Crippen LogP contribution in [0.2, 0.25) is 0 Å². The number of hydrogen-bond acceptors (Lipinski definition) is 2. The van der Waals surface area contributed by atoms with Crippen LogP contribution >= 0.6 is 0 Å². The first-order chi connectivity index (χ1) is 6.76. The van der Waals surface area contributed by atoms with Crippen molar-refractivity contribution in [2.24, 2.45) is 0 Å². The van der Waals surface area contributed by atoms with Crippen LogP contribution in [0.5, 0.6) is 0 Å². The molecule has 0 rings (SSSR count). The van der Waals surface area contributed by atoms with Gasteiger partial charge in [-0.25, -0.2) is 0 Å². The molecule has 0 saturated heterocycles. The van der Waals surface area contributed by atoms with E-state index in [9.17, 15) is 0 Å². The summed E-state index contributed by atoms with van der Waals surface area (Å²) in [5, 5.41) is 1.96. The highest BCUT2D eigenvalue weighted by atomic mass is 16.7. The van der Waals surface area contributed by atoms with E-state index in [0.29, 0.717) is 6.04 Å². The summed E-state index contributed by atoms with van der Waals surface area (Å²) in [5.74, 6) is 0. The van der Waals surface area contributed by atoms with Gasteiger partial charge < -0.3 is 4.84 Å². The van der Waals surface area contributed by atoms with Gasteiger partial charge in [-0.1, -0.05) is 26.0 Å². The van der Waals surface area contributed by atoms with E-state index in [1.807, 2.05) is 11.1 Å². The summed E-state index contributed by atoms with van der Waals surface area (Å²) in [6.45, 7) is 9.35. The third kappa shape index (κ3) is 5.81. The molecular weight excluding hydrogens is 174 g/mol. The van der Waals surface area contributed by atoms with Crippen molar-refractivity contribution >= 4 is 0 Å². The second-order valence-electron chi connectivity index (χ2n) is 3.20. The van der Waals surface area contributed by atoms with Crippen LogP contribution in [0.15, 0.2) is 24.5 Å². The summed E-state index contributed by atoms with van der Waals surface area (Å²) < 4.78 is 0. The van der Waals surface area contributed by atoms with Crippen LogP contribution in [-0.2, 0) is 4.84 Å². The fraction of sp³-hybridized carbons (Fsp3) is 0.667. The molecule has 0 amide bonds. The summed E-state index contributed by atoms with van der Waals surface area (Å²) in [6.07, 6.45) is 10.2. The van der Waals surface area contributed by atoms with Crippen molar-refractivity contribution in [2.75, 3.05) is 6.54 Å². The van der Waals surface area contributed by atoms with E-state index < -0.39 is 0 Å². The zero-order valence-electron chi connectivity index (χ0n) is 9.86. The van der Waals surface area contributed by atoms with Crippen molar-refractivity contribution in [3.05, 3.63) is 24.5 Å². The van der Waals surface area contributed by atoms with Crippen LogP contribution in [-0.4, -0.2) is 17.6 Å². The molecule has 0 saturated carbocycles. The van der Waals surface area contributed by atoms with Crippen molar-refractivity contribution in [1.29, 1.82) is 0 Å². The maximum atomic E-state index is 5.49. The second kappa shape index (κ2) is 8.82. The maximum Gasteiger partial charge on any atom is 0.107 e. The third-order valence-electron chi connectivity index (χ3n) is 1.94. The molecule has 0 aliphatic carbocycles. The second-order valence-corrected chi connectivity index (χ2v) is 3.20. The predicted octanol–water partition coefficient (Wildman–Crippen LogP) is 3.52. The van der Waals surface area contributed by atoms with Gasteiger partial charge in [-0.2, -0.15) is 0 Å². The Bertz CT molecular complexity index is 175. The number of rotatable bonds is 7. The maximum absolute atomic E-state index is 5.49. The standard InChI is InChI=1S/C12H23NO/c1-5-8-10-12(4)13(7-3)14-11-9-6-2/h8-12H,5-7H2,1-4H3. The predicted molar refractivity (Wildman–Crippen MR) is 61.8 cm³/mol. The summed E-state index contributed by atoms with van der Waals surface area (Å²) in [6, 6.07) is 0.335. The van der Waals surface area contributed by atoms with Crippen LogP contribution in [0.1, 0.15) is 40.5 Å². The highest BCUT2D eigenvalue weighted by molar-refractivity contribution is 4.89. The fourth-order valence-corrected chi connectivity index (χ4v) is 1.10. The Balaban J connectivity index is 3.98. The summed E-state index contributed by atoms with van der Waals surface area (Å²) in [5.41, 5.74) is 0. The number of hydroxylamine groups is 2. The lowest BCUT2D eigenvalue weighted by Gasteiger charge is -2.23. The minimum absolute atomic E-state index is 0.335. The molecule has 1 unspecified atom stereocenters. The van der Waals surface area contributed by atoms with E-state index in [4.69, 9.17) is 4.84 Å². The molecule has 0 bridgehead atoms. The molecule has 82 valence electrons. The molecule has 0 aromatic carbocycles. The average Bonchev–Trinajstić information content (AvgIpc) is 2.21. The van der Waals surface area contributed by atoms with E-state index in [2.05, 4.69) is 39.8 Å². The molecule has 0 aliphatic rings. The van der Waals surface area contributed by atoms with E-state index in [1.54, 1.807) is 6.26 Å². The first-order valence-corrected chi connectivity index (χ1v) is 5.51. The topological polar surface area (TPSA) is 12.5 Å². The zero-order chi connectivity index (χ0) is 10.8. The molecule has 0 spiro atoms. The highest BCUT2D eigenvalue weighted by Crippen LogP contribution is 2.03. The molecule has 0 fully saturated rings. The quantitative estimate of drug-likeness (QED) is 0.352. The van der Waals surface area contributed by atoms with Gasteiger partial charge in [0.2, 0.25) is 0 Å². The molecule has 0 radical (unpaired) electrons. The van der Waals surface area contributed by atoms with Gasteiger partial charge in [0.05, 0.1) is 6.04 Å². The van der Waals surface area contributed by atoms with Crippen molar-refractivity contribution in [2.45, 2.75) is 46.6 Å². The van der Waals surface area contributed by atoms with Gasteiger partial charge in [-0.15, -0.1) is 5.06 Å². The number of hydrogen-bond donors (Lipinski definition) is 0. The smallest absolute Gasteiger partial charge is 0.107 e. The van der Waals surface area contributed by atoms with Crippen molar-refractivity contribution in [3.63, 3.8) is 0 Å². The SMILES string of the molecule is CCC=CON(CC)C(C)C=CCC. The molecule has 0 aromatic rings. The monoisotopic (exact) mass is 197 g/mol. The van der Waals surface area contributed by atoms with Crippen LogP contribution in [0.4, 0.5) is 0 Å². The molecule has 0 aromatic heterocycles. The normalized spacial score (nSPS) is 14.4. The van der Waals surface area contributed by atoms with Crippen molar-refractivity contribution in [3.8, 4) is 0 Å². The molecular formula is C12H23NO. The third-order valence-corrected chi connectivity index (χ3v) is 1.94. The Hall–Kier alpha value is -0.760. The van der Waals surface area contributed by atoms with E-state index >= 15 is 0 Å². The van der Waals surface area contributed by atoms with Crippen LogP contribution in [0.25, 0.3) is 0 Å². The lowest BCUT2D eigenvalue weighted by atomic mass is 10.3. The number of allylic oxidation sites excluding steroid dienone is 2. The van der Waals surface area contributed by atoms with Gasteiger partial charge >= 0.3 is 0 Å². The molecule has 1 atom stereocenters. The zero-order valence-corrected chi connectivity index (χ0v) is 9.86. The van der Waals surface area contributed by atoms with Crippen molar-refractivity contribution in [1.82, 2.24) is 5.06 Å². The molecule has 0 N–H and O–H groups in total. The van der Waals surface area contributed by atoms with E-state index in [-0.39, 0.29) is 0 Å². The Morgan fingerprint density at radius 2 is 1.79 bits per heavy atom. The molecule has 2 nitrogen and oxygen atoms in total. The lowest BCUT2D eigenvalue weighted by molar-refractivity contribution is -0.116. The largest absolute Gasteiger partial charge is 0.414 e. The molecule has 14 heavy (non-hydrogen) atoms. The van der Waals surface area contributed by atoms with Crippen LogP contribution in [0, 0.1) is 0 Å². The van der Waals surface area contributed by atoms with Gasteiger partial charge in [0.15, 0.2) is 0 Å². The van der Waals surface area contributed by atoms with E-state index in [0.717, 1.165) is 19.4 Å². The Labute approximate surface area is 88.2 Å². The average molecular weight is 197 g/mol.